The van der Waals surface area contributed by atoms with Gasteiger partial charge in [0.15, 0.2) is 5.96 Å². The highest BCUT2D eigenvalue weighted by Gasteiger charge is 2.18. The van der Waals surface area contributed by atoms with Crippen LogP contribution < -0.4 is 15.5 Å². The number of nitrogens with one attached hydrogen (secondary N) is 2. The number of halogens is 1. The standard InChI is InChI=1S/C20H30FN5/c1-3-25-10-12-26(13-11-25)19-9-8-16(14-18(19)21)15-23-20(22-2)24-17-6-4-5-7-17/h4-5,8-9,14,17H,3,6-7,10-13,15H2,1-2H3,(H2,22,23,24). The molecule has 2 aliphatic rings. The van der Waals surface area contributed by atoms with Crippen LogP contribution in [0.5, 0.6) is 0 Å². The SMILES string of the molecule is CCN1CCN(c2ccc(CNC(=NC)NC3CC=CC3)cc2F)CC1. The average Bonchev–Trinajstić information content (AvgIpc) is 3.18. The van der Waals surface area contributed by atoms with E-state index < -0.39 is 0 Å². The van der Waals surface area contributed by atoms with Crippen LogP contribution in [-0.4, -0.2) is 56.7 Å². The monoisotopic (exact) mass is 359 g/mol. The Morgan fingerprint density at radius 2 is 1.92 bits per heavy atom. The van der Waals surface area contributed by atoms with Crippen LogP contribution in [0.1, 0.15) is 25.3 Å². The van der Waals surface area contributed by atoms with Gasteiger partial charge >= 0.3 is 0 Å². The number of piperazine rings is 1. The average molecular weight is 359 g/mol. The fourth-order valence-electron chi connectivity index (χ4n) is 3.53. The van der Waals surface area contributed by atoms with E-state index >= 15 is 0 Å². The summed E-state index contributed by atoms with van der Waals surface area (Å²) in [4.78, 5) is 8.79. The molecule has 0 bridgehead atoms. The summed E-state index contributed by atoms with van der Waals surface area (Å²) >= 11 is 0. The fraction of sp³-hybridized carbons (Fsp3) is 0.550. The first kappa shape index (κ1) is 18.7. The number of hydrogen-bond donors (Lipinski definition) is 2. The van der Waals surface area contributed by atoms with Crippen molar-refractivity contribution in [2.45, 2.75) is 32.4 Å². The second-order valence-electron chi connectivity index (χ2n) is 6.92. The maximum atomic E-state index is 14.6. The minimum absolute atomic E-state index is 0.141. The van der Waals surface area contributed by atoms with Gasteiger partial charge in [-0.1, -0.05) is 25.1 Å². The first-order chi connectivity index (χ1) is 12.7. The molecule has 0 atom stereocenters. The van der Waals surface area contributed by atoms with E-state index in [1.165, 1.54) is 0 Å². The Kier molecular flexibility index (Phi) is 6.50. The van der Waals surface area contributed by atoms with E-state index in [2.05, 4.69) is 44.5 Å². The number of hydrogen-bond acceptors (Lipinski definition) is 3. The molecule has 1 fully saturated rings. The van der Waals surface area contributed by atoms with Gasteiger partial charge in [-0.25, -0.2) is 4.39 Å². The van der Waals surface area contributed by atoms with Crippen LogP contribution in [0.25, 0.3) is 0 Å². The zero-order valence-electron chi connectivity index (χ0n) is 15.8. The van der Waals surface area contributed by atoms with Crippen LogP contribution in [0.3, 0.4) is 0 Å². The Hall–Kier alpha value is -2.08. The summed E-state index contributed by atoms with van der Waals surface area (Å²) < 4.78 is 14.6. The van der Waals surface area contributed by atoms with E-state index in [-0.39, 0.29) is 5.82 Å². The lowest BCUT2D eigenvalue weighted by atomic mass is 10.1. The van der Waals surface area contributed by atoms with Crippen molar-refractivity contribution in [3.63, 3.8) is 0 Å². The molecule has 1 heterocycles. The molecule has 26 heavy (non-hydrogen) atoms. The predicted molar refractivity (Wildman–Crippen MR) is 106 cm³/mol. The van der Waals surface area contributed by atoms with E-state index in [1.54, 1.807) is 13.1 Å². The van der Waals surface area contributed by atoms with Crippen LogP contribution in [0.4, 0.5) is 10.1 Å². The lowest BCUT2D eigenvalue weighted by Crippen LogP contribution is -2.46. The van der Waals surface area contributed by atoms with Gasteiger partial charge in [0.05, 0.1) is 5.69 Å². The van der Waals surface area contributed by atoms with Crippen LogP contribution in [0.2, 0.25) is 0 Å². The van der Waals surface area contributed by atoms with Crippen molar-refractivity contribution in [3.8, 4) is 0 Å². The van der Waals surface area contributed by atoms with Crippen molar-refractivity contribution in [2.24, 2.45) is 4.99 Å². The van der Waals surface area contributed by atoms with Crippen molar-refractivity contribution >= 4 is 11.6 Å². The van der Waals surface area contributed by atoms with Crippen LogP contribution in [0.15, 0.2) is 35.3 Å². The molecule has 0 radical (unpaired) electrons. The van der Waals surface area contributed by atoms with E-state index in [9.17, 15) is 4.39 Å². The van der Waals surface area contributed by atoms with Crippen molar-refractivity contribution in [3.05, 3.63) is 41.7 Å². The summed E-state index contributed by atoms with van der Waals surface area (Å²) in [5, 5.41) is 6.67. The molecular weight excluding hydrogens is 329 g/mol. The molecule has 0 unspecified atom stereocenters. The molecule has 3 rings (SSSR count). The zero-order chi connectivity index (χ0) is 18.4. The smallest absolute Gasteiger partial charge is 0.191 e. The Morgan fingerprint density at radius 3 is 2.54 bits per heavy atom. The third-order valence-corrected chi connectivity index (χ3v) is 5.20. The second-order valence-corrected chi connectivity index (χ2v) is 6.92. The molecule has 0 amide bonds. The van der Waals surface area contributed by atoms with E-state index in [0.717, 1.165) is 57.1 Å². The summed E-state index contributed by atoms with van der Waals surface area (Å²) in [5.74, 6) is 0.621. The first-order valence-electron chi connectivity index (χ1n) is 9.57. The van der Waals surface area contributed by atoms with Crippen molar-refractivity contribution < 1.29 is 4.39 Å². The Bertz CT molecular complexity index is 642. The Morgan fingerprint density at radius 1 is 1.19 bits per heavy atom. The predicted octanol–water partition coefficient (Wildman–Crippen LogP) is 2.35. The molecule has 5 nitrogen and oxygen atoms in total. The minimum Gasteiger partial charge on any atom is -0.367 e. The molecule has 1 aliphatic carbocycles. The summed E-state index contributed by atoms with van der Waals surface area (Å²) in [5.41, 5.74) is 1.63. The number of aliphatic imine (C=N–C) groups is 1. The van der Waals surface area contributed by atoms with Gasteiger partial charge in [-0.2, -0.15) is 0 Å². The highest BCUT2D eigenvalue weighted by atomic mass is 19.1. The van der Waals surface area contributed by atoms with Gasteiger partial charge in [-0.05, 0) is 37.1 Å². The molecule has 6 heteroatoms. The number of rotatable bonds is 5. The Balaban J connectivity index is 1.54. The molecule has 1 aromatic carbocycles. The fourth-order valence-corrected chi connectivity index (χ4v) is 3.53. The van der Waals surface area contributed by atoms with Gasteiger partial charge in [0, 0.05) is 45.8 Å². The molecule has 1 aromatic rings. The summed E-state index contributed by atoms with van der Waals surface area (Å²) in [6.07, 6.45) is 6.41. The van der Waals surface area contributed by atoms with Gasteiger partial charge in [0.1, 0.15) is 5.82 Å². The quantitative estimate of drug-likeness (QED) is 0.481. The van der Waals surface area contributed by atoms with Crippen molar-refractivity contribution in [1.29, 1.82) is 0 Å². The Labute approximate surface area is 156 Å². The molecule has 0 saturated carbocycles. The largest absolute Gasteiger partial charge is 0.367 e. The summed E-state index contributed by atoms with van der Waals surface area (Å²) in [6.45, 7) is 7.55. The third kappa shape index (κ3) is 4.75. The maximum absolute atomic E-state index is 14.6. The molecule has 0 spiro atoms. The van der Waals surface area contributed by atoms with E-state index in [4.69, 9.17) is 0 Å². The summed E-state index contributed by atoms with van der Waals surface area (Å²) in [7, 11) is 1.76. The number of likely N-dealkylation sites (N-methyl/N-ethyl adjacent to an activating group) is 1. The lowest BCUT2D eigenvalue weighted by Gasteiger charge is -2.35. The molecule has 1 saturated heterocycles. The number of anilines is 1. The van der Waals surface area contributed by atoms with E-state index in [1.807, 2.05) is 12.1 Å². The number of guanidine groups is 1. The maximum Gasteiger partial charge on any atom is 0.191 e. The van der Waals surface area contributed by atoms with Crippen LogP contribution >= 0.6 is 0 Å². The van der Waals surface area contributed by atoms with Crippen LogP contribution in [-0.2, 0) is 6.54 Å². The zero-order valence-corrected chi connectivity index (χ0v) is 15.8. The molecule has 2 N–H and O–H groups in total. The van der Waals surface area contributed by atoms with Crippen molar-refractivity contribution in [2.75, 3.05) is 44.7 Å². The van der Waals surface area contributed by atoms with Gasteiger partial charge in [-0.3, -0.25) is 4.99 Å². The molecular formula is C20H30FN5. The van der Waals surface area contributed by atoms with Gasteiger partial charge < -0.3 is 20.4 Å². The number of nitrogens with zero attached hydrogens (tertiary/aromatic N) is 3. The minimum atomic E-state index is -0.141. The highest BCUT2D eigenvalue weighted by molar-refractivity contribution is 5.80. The van der Waals surface area contributed by atoms with Crippen LogP contribution in [0, 0.1) is 5.82 Å². The first-order valence-corrected chi connectivity index (χ1v) is 9.57. The van der Waals surface area contributed by atoms with E-state index in [0.29, 0.717) is 18.3 Å². The normalized spacial score (nSPS) is 19.2. The van der Waals surface area contributed by atoms with Gasteiger partial charge in [0.25, 0.3) is 0 Å². The van der Waals surface area contributed by atoms with Gasteiger partial charge in [0.2, 0.25) is 0 Å². The van der Waals surface area contributed by atoms with Gasteiger partial charge in [-0.15, -0.1) is 0 Å². The molecule has 1 aliphatic heterocycles. The topological polar surface area (TPSA) is 42.9 Å². The van der Waals surface area contributed by atoms with Crippen molar-refractivity contribution in [1.82, 2.24) is 15.5 Å². The highest BCUT2D eigenvalue weighted by Crippen LogP contribution is 2.22. The third-order valence-electron chi connectivity index (χ3n) is 5.20. The second kappa shape index (κ2) is 9.03. The molecule has 142 valence electrons. The lowest BCUT2D eigenvalue weighted by molar-refractivity contribution is 0.270. The number of benzene rings is 1. The summed E-state index contributed by atoms with van der Waals surface area (Å²) in [6, 6.07) is 5.95. The molecule has 0 aromatic heterocycles.